The number of nitrogens with one attached hydrogen (secondary N) is 4. The molecule has 0 atom stereocenters. The number of piperidine rings is 1. The summed E-state index contributed by atoms with van der Waals surface area (Å²) in [7, 11) is 1.62. The van der Waals surface area contributed by atoms with Crippen LogP contribution in [0.25, 0.3) is 10.9 Å². The second-order valence-corrected chi connectivity index (χ2v) is 11.7. The second-order valence-electron chi connectivity index (χ2n) is 11.7. The summed E-state index contributed by atoms with van der Waals surface area (Å²) in [5.74, 6) is 1.05. The van der Waals surface area contributed by atoms with Crippen molar-refractivity contribution in [2.75, 3.05) is 30.8 Å². The Morgan fingerprint density at radius 3 is 2.36 bits per heavy atom. The van der Waals surface area contributed by atoms with Gasteiger partial charge in [0.05, 0.1) is 6.61 Å². The zero-order valence-corrected chi connectivity index (χ0v) is 26.0. The summed E-state index contributed by atoms with van der Waals surface area (Å²) in [4.78, 5) is 25.5. The van der Waals surface area contributed by atoms with Gasteiger partial charge in [0.25, 0.3) is 5.91 Å². The number of anilines is 2. The molecule has 3 amide bonds. The van der Waals surface area contributed by atoms with Gasteiger partial charge in [-0.15, -0.1) is 0 Å². The number of hydrogen-bond acceptors (Lipinski definition) is 5. The van der Waals surface area contributed by atoms with Gasteiger partial charge in [-0.05, 0) is 112 Å². The fourth-order valence-corrected chi connectivity index (χ4v) is 5.77. The van der Waals surface area contributed by atoms with Crippen molar-refractivity contribution in [2.45, 2.75) is 64.6 Å². The van der Waals surface area contributed by atoms with E-state index in [0.29, 0.717) is 35.0 Å². The van der Waals surface area contributed by atoms with Gasteiger partial charge < -0.3 is 35.3 Å². The molecule has 44 heavy (non-hydrogen) atoms. The molecule has 0 radical (unpaired) electrons. The summed E-state index contributed by atoms with van der Waals surface area (Å²) in [5, 5.41) is 13.3. The third-order valence-electron chi connectivity index (χ3n) is 8.49. The van der Waals surface area contributed by atoms with Gasteiger partial charge in [-0.3, -0.25) is 4.79 Å². The molecule has 5 rings (SSSR count). The molecule has 1 fully saturated rings. The first-order valence-electron chi connectivity index (χ1n) is 15.4. The molecule has 9 nitrogen and oxygen atoms in total. The van der Waals surface area contributed by atoms with Gasteiger partial charge >= 0.3 is 6.03 Å². The highest BCUT2D eigenvalue weighted by Crippen LogP contribution is 2.33. The van der Waals surface area contributed by atoms with Gasteiger partial charge in [-0.1, -0.05) is 13.8 Å². The van der Waals surface area contributed by atoms with Crippen LogP contribution in [0.4, 0.5) is 16.2 Å². The molecule has 232 valence electrons. The van der Waals surface area contributed by atoms with Gasteiger partial charge in [-0.2, -0.15) is 0 Å². The van der Waals surface area contributed by atoms with Crippen molar-refractivity contribution in [2.24, 2.45) is 0 Å². The molecule has 0 unspecified atom stereocenters. The number of rotatable bonds is 11. The van der Waals surface area contributed by atoms with E-state index in [4.69, 9.17) is 9.47 Å². The Morgan fingerprint density at radius 2 is 1.66 bits per heavy atom. The van der Waals surface area contributed by atoms with E-state index in [-0.39, 0.29) is 23.5 Å². The van der Waals surface area contributed by atoms with E-state index in [1.165, 1.54) is 0 Å². The topological polar surface area (TPSA) is 106 Å². The Hall–Kier alpha value is -4.34. The lowest BCUT2D eigenvalue weighted by molar-refractivity contribution is 0.102. The van der Waals surface area contributed by atoms with Gasteiger partial charge in [0.1, 0.15) is 11.5 Å². The van der Waals surface area contributed by atoms with E-state index in [1.807, 2.05) is 50.2 Å². The molecule has 0 bridgehead atoms. The molecular formula is C35H43N5O4. The number of benzene rings is 3. The number of fused-ring (bicyclic) bond motifs is 1. The molecule has 0 aliphatic carbocycles. The maximum atomic E-state index is 13.3. The number of nitrogens with zero attached hydrogens (tertiary/aromatic N) is 1. The standard InChI is InChI=1S/C35H43N5O4/c1-5-27(6-2)38-34(42)39-28-8-11-30(12-9-28)44-32-14-10-29(22-26(32)23-43-4)37-33(41)25-7-13-31-24(21-25)15-20-40(31)35(3)16-18-36-19-17-35/h7-15,20-22,27,36H,5-6,16-19,23H2,1-4H3,(H,37,41)(H2,38,39,42). The SMILES string of the molecule is CCC(CC)NC(=O)Nc1ccc(Oc2ccc(NC(=O)c3ccc4c(ccn4C4(C)CCNCC4)c3)cc2COC)cc1. The van der Waals surface area contributed by atoms with Gasteiger partial charge in [0.2, 0.25) is 0 Å². The minimum Gasteiger partial charge on any atom is -0.457 e. The van der Waals surface area contributed by atoms with Crippen LogP contribution in [0, 0.1) is 0 Å². The molecule has 1 saturated heterocycles. The quantitative estimate of drug-likeness (QED) is 0.146. The van der Waals surface area contributed by atoms with Gasteiger partial charge in [0, 0.05) is 58.3 Å². The van der Waals surface area contributed by atoms with E-state index < -0.39 is 0 Å². The van der Waals surface area contributed by atoms with Crippen LogP contribution >= 0.6 is 0 Å². The maximum absolute atomic E-state index is 13.3. The normalized spacial score (nSPS) is 14.4. The Balaban J connectivity index is 1.25. The van der Waals surface area contributed by atoms with Crippen molar-refractivity contribution in [1.29, 1.82) is 0 Å². The predicted molar refractivity (Wildman–Crippen MR) is 176 cm³/mol. The summed E-state index contributed by atoms with van der Waals surface area (Å²) in [6, 6.07) is 20.6. The lowest BCUT2D eigenvalue weighted by atomic mass is 9.90. The molecule has 1 aliphatic heterocycles. The van der Waals surface area contributed by atoms with Crippen LogP contribution in [0.5, 0.6) is 11.5 Å². The summed E-state index contributed by atoms with van der Waals surface area (Å²) >= 11 is 0. The number of aromatic nitrogens is 1. The number of amides is 3. The Bertz CT molecular complexity index is 1590. The minimum atomic E-state index is -0.225. The van der Waals surface area contributed by atoms with Crippen molar-refractivity contribution >= 4 is 34.2 Å². The van der Waals surface area contributed by atoms with Crippen LogP contribution in [0.3, 0.4) is 0 Å². The van der Waals surface area contributed by atoms with Crippen LogP contribution in [-0.2, 0) is 16.9 Å². The summed E-state index contributed by atoms with van der Waals surface area (Å²) < 4.78 is 13.9. The molecule has 3 aromatic carbocycles. The number of methoxy groups -OCH3 is 1. The zero-order chi connectivity index (χ0) is 31.1. The van der Waals surface area contributed by atoms with E-state index in [9.17, 15) is 9.59 Å². The molecule has 1 aliphatic rings. The van der Waals surface area contributed by atoms with Crippen molar-refractivity contribution in [1.82, 2.24) is 15.2 Å². The highest BCUT2D eigenvalue weighted by Gasteiger charge is 2.29. The third kappa shape index (κ3) is 7.23. The van der Waals surface area contributed by atoms with Crippen molar-refractivity contribution < 1.29 is 19.1 Å². The minimum absolute atomic E-state index is 0.0699. The fraction of sp³-hybridized carbons (Fsp3) is 0.371. The molecule has 9 heteroatoms. The fourth-order valence-electron chi connectivity index (χ4n) is 5.77. The molecule has 4 aromatic rings. The summed E-state index contributed by atoms with van der Waals surface area (Å²) in [6.07, 6.45) is 6.05. The molecule has 0 spiro atoms. The highest BCUT2D eigenvalue weighted by atomic mass is 16.5. The smallest absolute Gasteiger partial charge is 0.319 e. The Morgan fingerprint density at radius 1 is 0.932 bits per heavy atom. The first-order chi connectivity index (χ1) is 21.3. The van der Waals surface area contributed by atoms with E-state index >= 15 is 0 Å². The van der Waals surface area contributed by atoms with Crippen molar-refractivity contribution in [3.8, 4) is 11.5 Å². The summed E-state index contributed by atoms with van der Waals surface area (Å²) in [5.41, 5.74) is 3.92. The molecular weight excluding hydrogens is 554 g/mol. The van der Waals surface area contributed by atoms with Crippen LogP contribution < -0.4 is 26.0 Å². The maximum Gasteiger partial charge on any atom is 0.319 e. The lowest BCUT2D eigenvalue weighted by Crippen LogP contribution is -2.41. The molecule has 2 heterocycles. The lowest BCUT2D eigenvalue weighted by Gasteiger charge is -2.36. The first-order valence-corrected chi connectivity index (χ1v) is 15.4. The average molecular weight is 598 g/mol. The van der Waals surface area contributed by atoms with Crippen molar-refractivity contribution in [3.63, 3.8) is 0 Å². The number of carbonyl (C=O) groups is 2. The van der Waals surface area contributed by atoms with E-state index in [1.54, 1.807) is 31.4 Å². The summed E-state index contributed by atoms with van der Waals surface area (Å²) in [6.45, 7) is 8.73. The van der Waals surface area contributed by atoms with Crippen LogP contribution in [0.15, 0.2) is 72.9 Å². The van der Waals surface area contributed by atoms with E-state index in [2.05, 4.69) is 45.0 Å². The van der Waals surface area contributed by atoms with E-state index in [0.717, 1.165) is 55.2 Å². The largest absolute Gasteiger partial charge is 0.457 e. The number of carbonyl (C=O) groups excluding carboxylic acids is 2. The number of hydrogen-bond donors (Lipinski definition) is 4. The number of ether oxygens (including phenoxy) is 2. The van der Waals surface area contributed by atoms with Crippen LogP contribution in [-0.4, -0.2) is 42.7 Å². The molecule has 1 aromatic heterocycles. The highest BCUT2D eigenvalue weighted by molar-refractivity contribution is 6.06. The Labute approximate surface area is 259 Å². The second kappa shape index (κ2) is 14.0. The zero-order valence-electron chi connectivity index (χ0n) is 26.0. The van der Waals surface area contributed by atoms with Crippen molar-refractivity contribution in [3.05, 3.63) is 84.1 Å². The first kappa shape index (κ1) is 31.1. The van der Waals surface area contributed by atoms with Crippen LogP contribution in [0.2, 0.25) is 0 Å². The van der Waals surface area contributed by atoms with Gasteiger partial charge in [-0.25, -0.2) is 4.79 Å². The molecule has 0 saturated carbocycles. The predicted octanol–water partition coefficient (Wildman–Crippen LogP) is 7.24. The Kier molecular flexibility index (Phi) is 9.87. The third-order valence-corrected chi connectivity index (χ3v) is 8.49. The number of urea groups is 1. The monoisotopic (exact) mass is 597 g/mol. The van der Waals surface area contributed by atoms with Crippen LogP contribution in [0.1, 0.15) is 62.4 Å². The average Bonchev–Trinajstić information content (AvgIpc) is 3.47. The van der Waals surface area contributed by atoms with Gasteiger partial charge in [0.15, 0.2) is 0 Å². The molecule has 4 N–H and O–H groups in total.